The Hall–Kier alpha value is -0.540. The first kappa shape index (κ1) is 11.5. The second kappa shape index (κ2) is 6.03. The number of carbonyl (C=O) groups is 1. The maximum Gasteiger partial charge on any atom is 0.328 e. The van der Waals surface area contributed by atoms with Gasteiger partial charge in [-0.05, 0) is 19.4 Å². The first-order valence-corrected chi connectivity index (χ1v) is 3.93. The minimum Gasteiger partial charge on any atom is -0.478 e. The molecule has 0 amide bonds. The summed E-state index contributed by atoms with van der Waals surface area (Å²) in [5, 5.41) is 11.6. The molecule has 70 valence electrons. The highest BCUT2D eigenvalue weighted by Crippen LogP contribution is 2.07. The molecule has 0 aromatic carbocycles. The Morgan fingerprint density at radius 2 is 2.25 bits per heavy atom. The number of aliphatic carboxylic acids is 1. The molecule has 0 bridgehead atoms. The first-order valence-electron chi connectivity index (χ1n) is 3.93. The van der Waals surface area contributed by atoms with E-state index in [1.165, 1.54) is 18.9 Å². The van der Waals surface area contributed by atoms with Crippen LogP contribution < -0.4 is 5.32 Å². The van der Waals surface area contributed by atoms with Crippen molar-refractivity contribution >= 4 is 18.4 Å². The molecule has 0 radical (unpaired) electrons. The molecule has 0 aromatic heterocycles. The second-order valence-electron chi connectivity index (χ2n) is 2.75. The molecular formula is C8H14ClNO2. The van der Waals surface area contributed by atoms with Crippen molar-refractivity contribution in [3.8, 4) is 0 Å². The van der Waals surface area contributed by atoms with E-state index in [0.29, 0.717) is 0 Å². The summed E-state index contributed by atoms with van der Waals surface area (Å²) in [6.07, 6.45) is 6.40. The van der Waals surface area contributed by atoms with Gasteiger partial charge in [-0.2, -0.15) is 0 Å². The molecule has 12 heavy (non-hydrogen) atoms. The lowest BCUT2D eigenvalue weighted by atomic mass is 10.0. The summed E-state index contributed by atoms with van der Waals surface area (Å²) >= 11 is 0. The zero-order valence-electron chi connectivity index (χ0n) is 6.82. The maximum absolute atomic E-state index is 10.1. The van der Waals surface area contributed by atoms with Gasteiger partial charge in [0.15, 0.2) is 0 Å². The number of hydrogen-bond acceptors (Lipinski definition) is 2. The van der Waals surface area contributed by atoms with Crippen LogP contribution in [0.15, 0.2) is 12.2 Å². The molecule has 1 heterocycles. The van der Waals surface area contributed by atoms with Crippen LogP contribution in [-0.4, -0.2) is 23.7 Å². The number of rotatable bonds is 2. The fourth-order valence-corrected chi connectivity index (χ4v) is 1.24. The molecule has 0 spiro atoms. The quantitative estimate of drug-likeness (QED) is 0.645. The molecule has 2 N–H and O–H groups in total. The third-order valence-corrected chi connectivity index (χ3v) is 1.82. The van der Waals surface area contributed by atoms with Crippen LogP contribution in [-0.2, 0) is 4.79 Å². The molecule has 0 aromatic rings. The standard InChI is InChI=1S/C8H13NO2.ClH/c10-8(11)5-4-7-3-1-2-6-9-7;/h4-5,7,9H,1-3,6H2,(H,10,11);1H/b5-4+;. The summed E-state index contributed by atoms with van der Waals surface area (Å²) in [6, 6.07) is 0.278. The molecule has 1 aliphatic rings. The van der Waals surface area contributed by atoms with Crippen molar-refractivity contribution in [2.24, 2.45) is 0 Å². The summed E-state index contributed by atoms with van der Waals surface area (Å²) in [4.78, 5) is 10.1. The lowest BCUT2D eigenvalue weighted by Crippen LogP contribution is -2.32. The Balaban J connectivity index is 0.00000121. The van der Waals surface area contributed by atoms with Crippen molar-refractivity contribution < 1.29 is 9.90 Å². The molecule has 1 fully saturated rings. The number of carboxylic acids is 1. The van der Waals surface area contributed by atoms with Crippen LogP contribution in [0.5, 0.6) is 0 Å². The summed E-state index contributed by atoms with van der Waals surface area (Å²) in [6.45, 7) is 1.01. The van der Waals surface area contributed by atoms with Gasteiger partial charge in [0.05, 0.1) is 0 Å². The van der Waals surface area contributed by atoms with E-state index >= 15 is 0 Å². The van der Waals surface area contributed by atoms with Gasteiger partial charge in [0, 0.05) is 12.1 Å². The van der Waals surface area contributed by atoms with Gasteiger partial charge in [-0.3, -0.25) is 0 Å². The fraction of sp³-hybridized carbons (Fsp3) is 0.625. The van der Waals surface area contributed by atoms with Crippen molar-refractivity contribution in [2.45, 2.75) is 25.3 Å². The van der Waals surface area contributed by atoms with Crippen LogP contribution >= 0.6 is 12.4 Å². The number of nitrogens with one attached hydrogen (secondary N) is 1. The third-order valence-electron chi connectivity index (χ3n) is 1.82. The van der Waals surface area contributed by atoms with Crippen molar-refractivity contribution in [2.75, 3.05) is 6.54 Å². The van der Waals surface area contributed by atoms with Crippen LogP contribution in [0.25, 0.3) is 0 Å². The van der Waals surface area contributed by atoms with Gasteiger partial charge in [0.1, 0.15) is 0 Å². The molecule has 3 nitrogen and oxygen atoms in total. The van der Waals surface area contributed by atoms with Crippen LogP contribution in [0.2, 0.25) is 0 Å². The topological polar surface area (TPSA) is 49.3 Å². The van der Waals surface area contributed by atoms with Gasteiger partial charge < -0.3 is 10.4 Å². The molecule has 0 saturated carbocycles. The predicted molar refractivity (Wildman–Crippen MR) is 49.7 cm³/mol. The average Bonchev–Trinajstić information content (AvgIpc) is 2.03. The first-order chi connectivity index (χ1) is 5.29. The lowest BCUT2D eigenvalue weighted by Gasteiger charge is -2.19. The number of hydrogen-bond donors (Lipinski definition) is 2. The average molecular weight is 192 g/mol. The molecule has 4 heteroatoms. The predicted octanol–water partition coefficient (Wildman–Crippen LogP) is 1.19. The van der Waals surface area contributed by atoms with Crippen LogP contribution in [0, 0.1) is 0 Å². The fourth-order valence-electron chi connectivity index (χ4n) is 1.24. The second-order valence-corrected chi connectivity index (χ2v) is 2.75. The summed E-state index contributed by atoms with van der Waals surface area (Å²) in [5.41, 5.74) is 0. The minimum atomic E-state index is -0.864. The SMILES string of the molecule is Cl.O=C(O)/C=C/C1CCCCN1. The van der Waals surface area contributed by atoms with Crippen LogP contribution in [0.4, 0.5) is 0 Å². The van der Waals surface area contributed by atoms with Gasteiger partial charge in [0.25, 0.3) is 0 Å². The highest BCUT2D eigenvalue weighted by atomic mass is 35.5. The van der Waals surface area contributed by atoms with Crippen LogP contribution in [0.3, 0.4) is 0 Å². The summed E-state index contributed by atoms with van der Waals surface area (Å²) in [5.74, 6) is -0.864. The van der Waals surface area contributed by atoms with E-state index in [9.17, 15) is 4.79 Å². The van der Waals surface area contributed by atoms with Crippen molar-refractivity contribution in [3.05, 3.63) is 12.2 Å². The van der Waals surface area contributed by atoms with Crippen molar-refractivity contribution in [3.63, 3.8) is 0 Å². The maximum atomic E-state index is 10.1. The van der Waals surface area contributed by atoms with Crippen molar-refractivity contribution in [1.29, 1.82) is 0 Å². The number of carboxylic acid groups (broad SMARTS) is 1. The molecule has 0 aliphatic carbocycles. The summed E-state index contributed by atoms with van der Waals surface area (Å²) in [7, 11) is 0. The lowest BCUT2D eigenvalue weighted by molar-refractivity contribution is -0.131. The van der Waals surface area contributed by atoms with Gasteiger partial charge in [-0.1, -0.05) is 12.5 Å². The van der Waals surface area contributed by atoms with Crippen molar-refractivity contribution in [1.82, 2.24) is 5.32 Å². The number of halogens is 1. The van der Waals surface area contributed by atoms with E-state index in [4.69, 9.17) is 5.11 Å². The van der Waals surface area contributed by atoms with E-state index < -0.39 is 5.97 Å². The smallest absolute Gasteiger partial charge is 0.328 e. The zero-order valence-corrected chi connectivity index (χ0v) is 7.64. The van der Waals surface area contributed by atoms with E-state index in [1.54, 1.807) is 6.08 Å². The van der Waals surface area contributed by atoms with Crippen LogP contribution in [0.1, 0.15) is 19.3 Å². The Kier molecular flexibility index (Phi) is 5.76. The molecule has 1 aliphatic heterocycles. The highest BCUT2D eigenvalue weighted by Gasteiger charge is 2.08. The summed E-state index contributed by atoms with van der Waals surface area (Å²) < 4.78 is 0. The Morgan fingerprint density at radius 1 is 1.50 bits per heavy atom. The van der Waals surface area contributed by atoms with E-state index in [1.807, 2.05) is 0 Å². The Morgan fingerprint density at radius 3 is 2.75 bits per heavy atom. The largest absolute Gasteiger partial charge is 0.478 e. The van der Waals surface area contributed by atoms with E-state index in [-0.39, 0.29) is 18.4 Å². The molecular weight excluding hydrogens is 178 g/mol. The normalized spacial score (nSPS) is 23.5. The third kappa shape index (κ3) is 4.36. The minimum absolute atomic E-state index is 0. The van der Waals surface area contributed by atoms with Gasteiger partial charge >= 0.3 is 5.97 Å². The van der Waals surface area contributed by atoms with Gasteiger partial charge in [-0.25, -0.2) is 4.79 Å². The number of piperidine rings is 1. The molecule has 1 atom stereocenters. The van der Waals surface area contributed by atoms with Gasteiger partial charge in [-0.15, -0.1) is 12.4 Å². The Bertz CT molecular complexity index is 164. The van der Waals surface area contributed by atoms with E-state index in [2.05, 4.69) is 5.32 Å². The van der Waals surface area contributed by atoms with Gasteiger partial charge in [0.2, 0.25) is 0 Å². The molecule has 1 rings (SSSR count). The zero-order chi connectivity index (χ0) is 8.10. The van der Waals surface area contributed by atoms with E-state index in [0.717, 1.165) is 13.0 Å². The molecule has 1 saturated heterocycles. The molecule has 1 unspecified atom stereocenters. The monoisotopic (exact) mass is 191 g/mol. The Labute approximate surface area is 78.3 Å². The highest BCUT2D eigenvalue weighted by molar-refractivity contribution is 5.85.